The Bertz CT molecular complexity index is 1400. The highest BCUT2D eigenvalue weighted by molar-refractivity contribution is 6.31. The van der Waals surface area contributed by atoms with Gasteiger partial charge in [-0.25, -0.2) is 14.4 Å². The van der Waals surface area contributed by atoms with Gasteiger partial charge in [0.2, 0.25) is 11.9 Å². The summed E-state index contributed by atoms with van der Waals surface area (Å²) >= 11 is 6.34. The topological polar surface area (TPSA) is 70.5 Å². The number of anilines is 3. The Morgan fingerprint density at radius 1 is 1.17 bits per heavy atom. The molecule has 1 N–H and O–H groups in total. The van der Waals surface area contributed by atoms with Crippen molar-refractivity contribution >= 4 is 40.5 Å². The summed E-state index contributed by atoms with van der Waals surface area (Å²) in [5.74, 6) is 0.378. The van der Waals surface area contributed by atoms with E-state index in [-0.39, 0.29) is 5.91 Å². The molecule has 1 unspecified atom stereocenters. The van der Waals surface area contributed by atoms with Crippen molar-refractivity contribution in [2.45, 2.75) is 26.1 Å². The van der Waals surface area contributed by atoms with E-state index in [0.717, 1.165) is 33.8 Å². The quantitative estimate of drug-likeness (QED) is 0.486. The van der Waals surface area contributed by atoms with E-state index in [4.69, 9.17) is 21.6 Å². The monoisotopic (exact) mass is 487 g/mol. The van der Waals surface area contributed by atoms with E-state index < -0.39 is 6.17 Å². The van der Waals surface area contributed by atoms with Gasteiger partial charge >= 0.3 is 0 Å². The molecule has 1 atom stereocenters. The van der Waals surface area contributed by atoms with Gasteiger partial charge in [0.05, 0.1) is 18.0 Å². The second kappa shape index (κ2) is 9.43. The standard InChI is InChI=1S/C27H23ClFN5O/c1-16(35)34(2)20-10-8-19(9-11-20)32-27-31-15-17-14-30-26(22-5-3-4-6-24(22)29)23-13-18(28)7-12-21(23)25(17)33-27/h3-5,7-13,15,24H,6,14H2,1-2H3,(H,31,32,33). The lowest BCUT2D eigenvalue weighted by molar-refractivity contribution is -0.116. The van der Waals surface area contributed by atoms with Crippen molar-refractivity contribution < 1.29 is 9.18 Å². The van der Waals surface area contributed by atoms with Gasteiger partial charge in [-0.1, -0.05) is 35.9 Å². The molecule has 176 valence electrons. The zero-order valence-corrected chi connectivity index (χ0v) is 20.1. The third-order valence-corrected chi connectivity index (χ3v) is 6.35. The van der Waals surface area contributed by atoms with Crippen LogP contribution in [0.25, 0.3) is 11.3 Å². The number of nitrogens with zero attached hydrogens (tertiary/aromatic N) is 4. The smallest absolute Gasteiger partial charge is 0.227 e. The summed E-state index contributed by atoms with van der Waals surface area (Å²) < 4.78 is 14.8. The summed E-state index contributed by atoms with van der Waals surface area (Å²) in [6.07, 6.45) is 6.39. The molecule has 8 heteroatoms. The van der Waals surface area contributed by atoms with Gasteiger partial charge in [-0.05, 0) is 36.4 Å². The lowest BCUT2D eigenvalue weighted by Gasteiger charge is -2.18. The molecule has 0 saturated carbocycles. The van der Waals surface area contributed by atoms with Gasteiger partial charge in [0, 0.05) is 65.2 Å². The number of hydrogen-bond acceptors (Lipinski definition) is 5. The largest absolute Gasteiger partial charge is 0.324 e. The van der Waals surface area contributed by atoms with E-state index in [1.807, 2.05) is 48.6 Å². The van der Waals surface area contributed by atoms with Crippen LogP contribution < -0.4 is 10.2 Å². The number of aliphatic imine (C=N–C) groups is 1. The van der Waals surface area contributed by atoms with E-state index in [1.54, 1.807) is 30.3 Å². The van der Waals surface area contributed by atoms with Crippen LogP contribution in [0.1, 0.15) is 24.5 Å². The van der Waals surface area contributed by atoms with Gasteiger partial charge < -0.3 is 10.2 Å². The minimum absolute atomic E-state index is 0.0424. The van der Waals surface area contributed by atoms with Crippen molar-refractivity contribution in [1.29, 1.82) is 0 Å². The molecule has 0 radical (unpaired) electrons. The Kier molecular flexibility index (Phi) is 6.17. The Hall–Kier alpha value is -3.84. The SMILES string of the molecule is CC(=O)N(C)c1ccc(Nc2ncc3c(n2)-c2ccc(Cl)cc2C(C2=CC=CCC2F)=NC3)cc1. The highest BCUT2D eigenvalue weighted by Gasteiger charge is 2.26. The zero-order valence-electron chi connectivity index (χ0n) is 19.3. The second-order valence-corrected chi connectivity index (χ2v) is 8.86. The van der Waals surface area contributed by atoms with E-state index in [2.05, 4.69) is 10.3 Å². The fourth-order valence-corrected chi connectivity index (χ4v) is 4.31. The molecule has 0 spiro atoms. The number of carbonyl (C=O) groups excluding carboxylic acids is 1. The molecule has 1 aromatic heterocycles. The molecule has 0 fully saturated rings. The number of carbonyl (C=O) groups is 1. The number of alkyl halides is 1. The molecule has 35 heavy (non-hydrogen) atoms. The number of hydrogen-bond donors (Lipinski definition) is 1. The van der Waals surface area contributed by atoms with Crippen LogP contribution in [-0.4, -0.2) is 34.8 Å². The lowest BCUT2D eigenvalue weighted by atomic mass is 9.90. The molecule has 1 amide bonds. The van der Waals surface area contributed by atoms with Gasteiger partial charge in [-0.2, -0.15) is 0 Å². The maximum absolute atomic E-state index is 14.8. The number of rotatable bonds is 4. The van der Waals surface area contributed by atoms with E-state index in [9.17, 15) is 9.18 Å². The second-order valence-electron chi connectivity index (χ2n) is 8.43. The third-order valence-electron chi connectivity index (χ3n) is 6.11. The van der Waals surface area contributed by atoms with Crippen LogP contribution in [0.5, 0.6) is 0 Å². The molecule has 5 rings (SSSR count). The highest BCUT2D eigenvalue weighted by Crippen LogP contribution is 2.35. The molecule has 2 aliphatic rings. The number of nitrogens with one attached hydrogen (secondary N) is 1. The van der Waals surface area contributed by atoms with Crippen molar-refractivity contribution in [2.75, 3.05) is 17.3 Å². The maximum Gasteiger partial charge on any atom is 0.227 e. The van der Waals surface area contributed by atoms with Gasteiger partial charge in [0.15, 0.2) is 0 Å². The van der Waals surface area contributed by atoms with Crippen molar-refractivity contribution in [3.05, 3.63) is 88.6 Å². The van der Waals surface area contributed by atoms with Gasteiger partial charge in [0.1, 0.15) is 6.17 Å². The average molecular weight is 488 g/mol. The normalized spacial score (nSPS) is 16.4. The number of amides is 1. The first-order valence-corrected chi connectivity index (χ1v) is 11.6. The summed E-state index contributed by atoms with van der Waals surface area (Å²) in [6.45, 7) is 1.85. The lowest BCUT2D eigenvalue weighted by Crippen LogP contribution is -2.22. The molecule has 2 heterocycles. The Morgan fingerprint density at radius 2 is 1.97 bits per heavy atom. The van der Waals surface area contributed by atoms with E-state index in [0.29, 0.717) is 35.2 Å². The molecule has 2 aromatic carbocycles. The first-order valence-electron chi connectivity index (χ1n) is 11.2. The van der Waals surface area contributed by atoms with Gasteiger partial charge in [0.25, 0.3) is 0 Å². The predicted molar refractivity (Wildman–Crippen MR) is 138 cm³/mol. The van der Waals surface area contributed by atoms with E-state index >= 15 is 0 Å². The van der Waals surface area contributed by atoms with Crippen LogP contribution in [0.3, 0.4) is 0 Å². The van der Waals surface area contributed by atoms with Gasteiger partial charge in [-0.15, -0.1) is 0 Å². The molecule has 0 saturated heterocycles. The van der Waals surface area contributed by atoms with Gasteiger partial charge in [-0.3, -0.25) is 9.79 Å². The fourth-order valence-electron chi connectivity index (χ4n) is 4.14. The zero-order chi connectivity index (χ0) is 24.5. The molecule has 3 aromatic rings. The van der Waals surface area contributed by atoms with Crippen molar-refractivity contribution in [3.63, 3.8) is 0 Å². The van der Waals surface area contributed by atoms with E-state index in [1.165, 1.54) is 6.92 Å². The maximum atomic E-state index is 14.8. The summed E-state index contributed by atoms with van der Waals surface area (Å²) in [5.41, 5.74) is 5.86. The minimum atomic E-state index is -1.12. The van der Waals surface area contributed by atoms with Crippen LogP contribution in [0.15, 0.2) is 77.5 Å². The summed E-state index contributed by atoms with van der Waals surface area (Å²) in [7, 11) is 1.73. The third kappa shape index (κ3) is 4.59. The first-order chi connectivity index (χ1) is 16.9. The first kappa shape index (κ1) is 22.9. The predicted octanol–water partition coefficient (Wildman–Crippen LogP) is 6.05. The van der Waals surface area contributed by atoms with Crippen LogP contribution in [0.4, 0.5) is 21.7 Å². The van der Waals surface area contributed by atoms with Crippen LogP contribution in [-0.2, 0) is 11.3 Å². The van der Waals surface area contributed by atoms with Crippen molar-refractivity contribution in [2.24, 2.45) is 4.99 Å². The minimum Gasteiger partial charge on any atom is -0.324 e. The Labute approximate surface area is 207 Å². The number of benzene rings is 2. The summed E-state index contributed by atoms with van der Waals surface area (Å²) in [4.78, 5) is 27.2. The number of aromatic nitrogens is 2. The summed E-state index contributed by atoms with van der Waals surface area (Å²) in [5, 5.41) is 3.77. The number of halogens is 2. The average Bonchev–Trinajstić information content (AvgIpc) is 3.01. The molecular weight excluding hydrogens is 465 g/mol. The van der Waals surface area contributed by atoms with Crippen molar-refractivity contribution in [3.8, 4) is 11.3 Å². The molecule has 1 aliphatic heterocycles. The fraction of sp³-hybridized carbons (Fsp3) is 0.185. The Balaban J connectivity index is 1.51. The Morgan fingerprint density at radius 3 is 2.71 bits per heavy atom. The van der Waals surface area contributed by atoms with Crippen molar-refractivity contribution in [1.82, 2.24) is 9.97 Å². The number of allylic oxidation sites excluding steroid dienone is 4. The van der Waals surface area contributed by atoms with Crippen LogP contribution in [0.2, 0.25) is 5.02 Å². The van der Waals surface area contributed by atoms with Crippen LogP contribution >= 0.6 is 11.6 Å². The number of fused-ring (bicyclic) bond motifs is 3. The summed E-state index contributed by atoms with van der Waals surface area (Å²) in [6, 6.07) is 12.9. The molecule has 0 bridgehead atoms. The van der Waals surface area contributed by atoms with Crippen LogP contribution in [0, 0.1) is 0 Å². The molecule has 6 nitrogen and oxygen atoms in total. The molecular formula is C27H23ClFN5O. The molecule has 1 aliphatic carbocycles. The highest BCUT2D eigenvalue weighted by atomic mass is 35.5.